The van der Waals surface area contributed by atoms with Crippen LogP contribution in [-0.2, 0) is 6.54 Å². The normalized spacial score (nSPS) is 18.5. The standard InChI is InChI=1S/C13H23N3S/c1-13(2,3)14-9-11-12(15-16-17-11)10-7-5-4-6-8-10/h10,14H,4-9H2,1-3H3. The topological polar surface area (TPSA) is 37.8 Å². The zero-order valence-corrected chi connectivity index (χ0v) is 11.9. The second kappa shape index (κ2) is 5.44. The molecule has 1 aliphatic rings. The van der Waals surface area contributed by atoms with E-state index in [1.807, 2.05) is 0 Å². The van der Waals surface area contributed by atoms with E-state index in [-0.39, 0.29) is 5.54 Å². The van der Waals surface area contributed by atoms with Crippen LogP contribution in [0.1, 0.15) is 69.4 Å². The first-order chi connectivity index (χ1) is 8.06. The molecule has 1 aliphatic carbocycles. The van der Waals surface area contributed by atoms with E-state index in [9.17, 15) is 0 Å². The van der Waals surface area contributed by atoms with E-state index in [1.54, 1.807) is 11.5 Å². The largest absolute Gasteiger partial charge is 0.307 e. The van der Waals surface area contributed by atoms with E-state index in [4.69, 9.17) is 0 Å². The van der Waals surface area contributed by atoms with Gasteiger partial charge in [-0.05, 0) is 45.1 Å². The molecule has 3 nitrogen and oxygen atoms in total. The van der Waals surface area contributed by atoms with Gasteiger partial charge in [-0.15, -0.1) is 5.10 Å². The average molecular weight is 253 g/mol. The van der Waals surface area contributed by atoms with Crippen molar-refractivity contribution in [2.75, 3.05) is 0 Å². The lowest BCUT2D eigenvalue weighted by atomic mass is 9.86. The maximum absolute atomic E-state index is 4.37. The third-order valence-electron chi connectivity index (χ3n) is 3.36. The van der Waals surface area contributed by atoms with E-state index in [2.05, 4.69) is 35.7 Å². The number of nitrogens with zero attached hydrogens (tertiary/aromatic N) is 2. The highest BCUT2D eigenvalue weighted by molar-refractivity contribution is 7.05. The zero-order chi connectivity index (χ0) is 12.3. The maximum atomic E-state index is 4.37. The molecule has 0 amide bonds. The molecule has 1 aromatic heterocycles. The van der Waals surface area contributed by atoms with Gasteiger partial charge in [-0.2, -0.15) is 0 Å². The van der Waals surface area contributed by atoms with Gasteiger partial charge in [0.25, 0.3) is 0 Å². The Morgan fingerprint density at radius 1 is 1.24 bits per heavy atom. The van der Waals surface area contributed by atoms with Crippen molar-refractivity contribution in [2.24, 2.45) is 0 Å². The third kappa shape index (κ3) is 3.75. The Hall–Kier alpha value is -0.480. The van der Waals surface area contributed by atoms with E-state index < -0.39 is 0 Å². The summed E-state index contributed by atoms with van der Waals surface area (Å²) in [6.07, 6.45) is 6.70. The lowest BCUT2D eigenvalue weighted by molar-refractivity contribution is 0.414. The van der Waals surface area contributed by atoms with Crippen LogP contribution in [0.25, 0.3) is 0 Å². The summed E-state index contributed by atoms with van der Waals surface area (Å²) in [6.45, 7) is 7.50. The van der Waals surface area contributed by atoms with Crippen molar-refractivity contribution in [3.63, 3.8) is 0 Å². The molecular formula is C13H23N3S. The van der Waals surface area contributed by atoms with Gasteiger partial charge >= 0.3 is 0 Å². The second-order valence-corrected chi connectivity index (χ2v) is 6.86. The van der Waals surface area contributed by atoms with E-state index in [0.717, 1.165) is 6.54 Å². The summed E-state index contributed by atoms with van der Waals surface area (Å²) >= 11 is 1.56. The van der Waals surface area contributed by atoms with E-state index in [1.165, 1.54) is 42.7 Å². The molecule has 0 radical (unpaired) electrons. The first kappa shape index (κ1) is 13.0. The zero-order valence-electron chi connectivity index (χ0n) is 11.1. The van der Waals surface area contributed by atoms with Crippen LogP contribution in [0.4, 0.5) is 0 Å². The molecule has 1 heterocycles. The highest BCUT2D eigenvalue weighted by Gasteiger charge is 2.22. The van der Waals surface area contributed by atoms with Gasteiger partial charge in [0, 0.05) is 18.0 Å². The Kier molecular flexibility index (Phi) is 4.15. The van der Waals surface area contributed by atoms with Crippen molar-refractivity contribution in [2.45, 2.75) is 70.9 Å². The molecule has 17 heavy (non-hydrogen) atoms. The van der Waals surface area contributed by atoms with Crippen LogP contribution in [0.2, 0.25) is 0 Å². The van der Waals surface area contributed by atoms with Gasteiger partial charge in [0.2, 0.25) is 0 Å². The fraction of sp³-hybridized carbons (Fsp3) is 0.846. The molecular weight excluding hydrogens is 230 g/mol. The van der Waals surface area contributed by atoms with Gasteiger partial charge in [0.05, 0.1) is 10.6 Å². The van der Waals surface area contributed by atoms with Gasteiger partial charge in [-0.1, -0.05) is 23.8 Å². The summed E-state index contributed by atoms with van der Waals surface area (Å²) < 4.78 is 4.15. The summed E-state index contributed by atoms with van der Waals surface area (Å²) in [5, 5.41) is 7.90. The number of hydrogen-bond acceptors (Lipinski definition) is 4. The summed E-state index contributed by atoms with van der Waals surface area (Å²) in [5.74, 6) is 0.666. The Bertz CT molecular complexity index is 348. The second-order valence-electron chi connectivity index (χ2n) is 6.02. The lowest BCUT2D eigenvalue weighted by Crippen LogP contribution is -2.35. The van der Waals surface area contributed by atoms with Crippen molar-refractivity contribution < 1.29 is 0 Å². The molecule has 1 aromatic rings. The van der Waals surface area contributed by atoms with Crippen LogP contribution >= 0.6 is 11.5 Å². The fourth-order valence-electron chi connectivity index (χ4n) is 2.37. The van der Waals surface area contributed by atoms with Crippen LogP contribution in [0.3, 0.4) is 0 Å². The summed E-state index contributed by atoms with van der Waals surface area (Å²) in [4.78, 5) is 1.34. The smallest absolute Gasteiger partial charge is 0.0831 e. The summed E-state index contributed by atoms with van der Waals surface area (Å²) in [7, 11) is 0. The van der Waals surface area contributed by atoms with Crippen LogP contribution in [-0.4, -0.2) is 15.1 Å². The molecule has 1 saturated carbocycles. The monoisotopic (exact) mass is 253 g/mol. The molecule has 96 valence electrons. The summed E-state index contributed by atoms with van der Waals surface area (Å²) in [5.41, 5.74) is 1.43. The third-order valence-corrected chi connectivity index (χ3v) is 4.09. The molecule has 0 bridgehead atoms. The minimum atomic E-state index is 0.161. The van der Waals surface area contributed by atoms with Crippen LogP contribution in [0.5, 0.6) is 0 Å². The molecule has 0 saturated heterocycles. The molecule has 1 N–H and O–H groups in total. The molecule has 0 unspecified atom stereocenters. The van der Waals surface area contributed by atoms with Gasteiger partial charge in [-0.3, -0.25) is 0 Å². The predicted octanol–water partition coefficient (Wildman–Crippen LogP) is 3.47. The lowest BCUT2D eigenvalue weighted by Gasteiger charge is -2.23. The highest BCUT2D eigenvalue weighted by Crippen LogP contribution is 2.34. The van der Waals surface area contributed by atoms with Crippen molar-refractivity contribution in [3.8, 4) is 0 Å². The maximum Gasteiger partial charge on any atom is 0.0831 e. The molecule has 4 heteroatoms. The highest BCUT2D eigenvalue weighted by atomic mass is 32.1. The Labute approximate surface area is 108 Å². The first-order valence-corrected chi connectivity index (χ1v) is 7.40. The molecule has 0 aromatic carbocycles. The molecule has 2 rings (SSSR count). The molecule has 0 aliphatic heterocycles. The summed E-state index contributed by atoms with van der Waals surface area (Å²) in [6, 6.07) is 0. The van der Waals surface area contributed by atoms with Crippen LogP contribution < -0.4 is 5.32 Å². The predicted molar refractivity (Wildman–Crippen MR) is 72.3 cm³/mol. The minimum Gasteiger partial charge on any atom is -0.307 e. The molecule has 1 fully saturated rings. The quantitative estimate of drug-likeness (QED) is 0.896. The minimum absolute atomic E-state index is 0.161. The van der Waals surface area contributed by atoms with Gasteiger partial charge in [0.1, 0.15) is 0 Å². The number of hydrogen-bond donors (Lipinski definition) is 1. The average Bonchev–Trinajstić information content (AvgIpc) is 2.75. The van der Waals surface area contributed by atoms with Crippen molar-refractivity contribution in [1.29, 1.82) is 0 Å². The van der Waals surface area contributed by atoms with Crippen molar-refractivity contribution in [1.82, 2.24) is 14.9 Å². The number of nitrogens with one attached hydrogen (secondary N) is 1. The van der Waals surface area contributed by atoms with Gasteiger partial charge in [0.15, 0.2) is 0 Å². The number of rotatable bonds is 3. The first-order valence-electron chi connectivity index (χ1n) is 6.62. The van der Waals surface area contributed by atoms with Crippen LogP contribution in [0.15, 0.2) is 0 Å². The number of aromatic nitrogens is 2. The van der Waals surface area contributed by atoms with E-state index in [0.29, 0.717) is 5.92 Å². The van der Waals surface area contributed by atoms with Crippen molar-refractivity contribution in [3.05, 3.63) is 10.6 Å². The Morgan fingerprint density at radius 3 is 2.59 bits per heavy atom. The fourth-order valence-corrected chi connectivity index (χ4v) is 3.03. The molecule has 0 atom stereocenters. The van der Waals surface area contributed by atoms with Crippen LogP contribution in [0, 0.1) is 0 Å². The Morgan fingerprint density at radius 2 is 1.94 bits per heavy atom. The van der Waals surface area contributed by atoms with Gasteiger partial charge in [-0.25, -0.2) is 0 Å². The molecule has 0 spiro atoms. The Balaban J connectivity index is 2.00. The van der Waals surface area contributed by atoms with Gasteiger partial charge < -0.3 is 5.32 Å². The van der Waals surface area contributed by atoms with E-state index >= 15 is 0 Å². The van der Waals surface area contributed by atoms with Crippen molar-refractivity contribution >= 4 is 11.5 Å². The SMILES string of the molecule is CC(C)(C)NCc1snnc1C1CCCCC1.